The van der Waals surface area contributed by atoms with Gasteiger partial charge < -0.3 is 10.1 Å². The Kier molecular flexibility index (Phi) is 9.48. The fraction of sp³-hybridized carbons (Fsp3) is 0.565. The SMILES string of the molecule is COc1ccc(/C=C(\C#N)C(=O)NC2CCCCCCCCCCC2)cc1. The number of amides is 1. The van der Waals surface area contributed by atoms with Crippen molar-refractivity contribution in [2.24, 2.45) is 0 Å². The van der Waals surface area contributed by atoms with Crippen molar-refractivity contribution in [1.29, 1.82) is 5.26 Å². The minimum Gasteiger partial charge on any atom is -0.497 e. The van der Waals surface area contributed by atoms with Crippen molar-refractivity contribution in [2.75, 3.05) is 7.11 Å². The Morgan fingerprint density at radius 3 is 2.00 bits per heavy atom. The third kappa shape index (κ3) is 7.86. The van der Waals surface area contributed by atoms with Crippen LogP contribution in [0.2, 0.25) is 0 Å². The monoisotopic (exact) mass is 368 g/mol. The molecule has 1 aromatic rings. The van der Waals surface area contributed by atoms with Crippen LogP contribution in [-0.4, -0.2) is 19.1 Å². The van der Waals surface area contributed by atoms with Crippen molar-refractivity contribution in [1.82, 2.24) is 5.32 Å². The molecule has 0 atom stereocenters. The number of rotatable bonds is 4. The number of nitrogens with zero attached hydrogens (tertiary/aromatic N) is 1. The number of nitrogens with one attached hydrogen (secondary N) is 1. The predicted octanol–water partition coefficient (Wildman–Crippen LogP) is 5.39. The van der Waals surface area contributed by atoms with Crippen LogP contribution < -0.4 is 10.1 Å². The predicted molar refractivity (Wildman–Crippen MR) is 109 cm³/mol. The summed E-state index contributed by atoms with van der Waals surface area (Å²) in [6.07, 6.45) is 15.0. The maximum absolute atomic E-state index is 12.6. The molecule has 2 rings (SSSR count). The van der Waals surface area contributed by atoms with Crippen LogP contribution in [0.3, 0.4) is 0 Å². The molecule has 27 heavy (non-hydrogen) atoms. The van der Waals surface area contributed by atoms with E-state index in [1.54, 1.807) is 13.2 Å². The number of nitriles is 1. The second-order valence-corrected chi connectivity index (χ2v) is 7.37. The number of benzene rings is 1. The highest BCUT2D eigenvalue weighted by Gasteiger charge is 2.16. The molecule has 1 aliphatic carbocycles. The van der Waals surface area contributed by atoms with Crippen LogP contribution in [0.4, 0.5) is 0 Å². The average Bonchev–Trinajstić information content (AvgIpc) is 2.68. The summed E-state index contributed by atoms with van der Waals surface area (Å²) in [5.41, 5.74) is 0.979. The lowest BCUT2D eigenvalue weighted by atomic mass is 9.97. The van der Waals surface area contributed by atoms with E-state index >= 15 is 0 Å². The van der Waals surface area contributed by atoms with E-state index in [-0.39, 0.29) is 17.5 Å². The Morgan fingerprint density at radius 1 is 1.00 bits per heavy atom. The normalized spacial score (nSPS) is 17.9. The second-order valence-electron chi connectivity index (χ2n) is 7.37. The van der Waals surface area contributed by atoms with Crippen molar-refractivity contribution in [3.63, 3.8) is 0 Å². The molecule has 1 aromatic carbocycles. The first-order chi connectivity index (χ1) is 13.2. The van der Waals surface area contributed by atoms with Gasteiger partial charge in [0.05, 0.1) is 7.11 Å². The highest BCUT2D eigenvalue weighted by molar-refractivity contribution is 6.01. The van der Waals surface area contributed by atoms with Crippen molar-refractivity contribution >= 4 is 12.0 Å². The van der Waals surface area contributed by atoms with Gasteiger partial charge in [0, 0.05) is 6.04 Å². The maximum atomic E-state index is 12.6. The first-order valence-electron chi connectivity index (χ1n) is 10.3. The van der Waals surface area contributed by atoms with E-state index in [9.17, 15) is 10.1 Å². The molecule has 0 heterocycles. The minimum absolute atomic E-state index is 0.159. The zero-order chi connectivity index (χ0) is 19.3. The molecule has 4 nitrogen and oxygen atoms in total. The zero-order valence-corrected chi connectivity index (χ0v) is 16.5. The molecule has 1 saturated carbocycles. The van der Waals surface area contributed by atoms with Crippen molar-refractivity contribution in [3.05, 3.63) is 35.4 Å². The summed E-state index contributed by atoms with van der Waals surface area (Å²) in [6.45, 7) is 0. The summed E-state index contributed by atoms with van der Waals surface area (Å²) in [4.78, 5) is 12.6. The van der Waals surface area contributed by atoms with Crippen molar-refractivity contribution in [2.45, 2.75) is 76.7 Å². The van der Waals surface area contributed by atoms with Gasteiger partial charge in [-0.25, -0.2) is 0 Å². The molecule has 1 amide bonds. The van der Waals surface area contributed by atoms with E-state index in [4.69, 9.17) is 4.74 Å². The number of methoxy groups -OCH3 is 1. The van der Waals surface area contributed by atoms with Gasteiger partial charge in [0.2, 0.25) is 0 Å². The van der Waals surface area contributed by atoms with E-state index in [2.05, 4.69) is 11.4 Å². The summed E-state index contributed by atoms with van der Waals surface area (Å²) in [5.74, 6) is 0.494. The van der Waals surface area contributed by atoms with E-state index in [1.807, 2.05) is 24.3 Å². The van der Waals surface area contributed by atoms with Crippen LogP contribution in [-0.2, 0) is 4.79 Å². The van der Waals surface area contributed by atoms with Gasteiger partial charge in [0.1, 0.15) is 17.4 Å². The van der Waals surface area contributed by atoms with E-state index < -0.39 is 0 Å². The molecular weight excluding hydrogens is 336 g/mol. The molecule has 0 bridgehead atoms. The van der Waals surface area contributed by atoms with Crippen LogP contribution in [0.5, 0.6) is 5.75 Å². The van der Waals surface area contributed by atoms with E-state index in [0.717, 1.165) is 37.0 Å². The van der Waals surface area contributed by atoms with Crippen LogP contribution in [0.15, 0.2) is 29.8 Å². The number of hydrogen-bond acceptors (Lipinski definition) is 3. The van der Waals surface area contributed by atoms with Gasteiger partial charge in [-0.05, 0) is 36.6 Å². The van der Waals surface area contributed by atoms with Gasteiger partial charge in [-0.3, -0.25) is 4.79 Å². The van der Waals surface area contributed by atoms with Crippen molar-refractivity contribution < 1.29 is 9.53 Å². The van der Waals surface area contributed by atoms with Crippen LogP contribution in [0.25, 0.3) is 6.08 Å². The third-order valence-corrected chi connectivity index (χ3v) is 5.23. The molecule has 4 heteroatoms. The zero-order valence-electron chi connectivity index (χ0n) is 16.5. The van der Waals surface area contributed by atoms with Crippen molar-refractivity contribution in [3.8, 4) is 11.8 Å². The average molecular weight is 369 g/mol. The first-order valence-corrected chi connectivity index (χ1v) is 10.3. The van der Waals surface area contributed by atoms with Gasteiger partial charge in [-0.15, -0.1) is 0 Å². The third-order valence-electron chi connectivity index (χ3n) is 5.23. The second kappa shape index (κ2) is 12.2. The summed E-state index contributed by atoms with van der Waals surface area (Å²) in [7, 11) is 1.61. The molecule has 0 aromatic heterocycles. The van der Waals surface area contributed by atoms with E-state index in [1.165, 1.54) is 44.9 Å². The highest BCUT2D eigenvalue weighted by Crippen LogP contribution is 2.18. The summed E-state index contributed by atoms with van der Waals surface area (Å²) >= 11 is 0. The Bertz CT molecular complexity index is 631. The van der Waals surface area contributed by atoms with Crippen LogP contribution in [0, 0.1) is 11.3 Å². The molecule has 1 aliphatic rings. The maximum Gasteiger partial charge on any atom is 0.262 e. The Morgan fingerprint density at radius 2 is 1.52 bits per heavy atom. The lowest BCUT2D eigenvalue weighted by Crippen LogP contribution is -2.35. The molecule has 0 radical (unpaired) electrons. The molecule has 0 spiro atoms. The van der Waals surface area contributed by atoms with Gasteiger partial charge in [-0.2, -0.15) is 5.26 Å². The summed E-state index contributed by atoms with van der Waals surface area (Å²) in [6, 6.07) is 9.57. The van der Waals surface area contributed by atoms with Gasteiger partial charge in [0.15, 0.2) is 0 Å². The largest absolute Gasteiger partial charge is 0.497 e. The van der Waals surface area contributed by atoms with Gasteiger partial charge in [0.25, 0.3) is 5.91 Å². The molecule has 146 valence electrons. The molecular formula is C23H32N2O2. The summed E-state index contributed by atoms with van der Waals surface area (Å²) < 4.78 is 5.14. The quantitative estimate of drug-likeness (QED) is 0.572. The molecule has 1 N–H and O–H groups in total. The topological polar surface area (TPSA) is 62.1 Å². The first kappa shape index (κ1) is 21.0. The number of carbonyl (C=O) groups excluding carboxylic acids is 1. The summed E-state index contributed by atoms with van der Waals surface area (Å²) in [5, 5.41) is 12.5. The standard InChI is InChI=1S/C23H32N2O2/c1-27-22-15-13-19(14-16-22)17-20(18-24)23(26)25-21-11-9-7-5-3-2-4-6-8-10-12-21/h13-17,21H,2-12H2,1H3,(H,25,26)/b20-17+. The lowest BCUT2D eigenvalue weighted by Gasteiger charge is -2.19. The smallest absolute Gasteiger partial charge is 0.262 e. The molecule has 0 unspecified atom stereocenters. The number of carbonyl (C=O) groups is 1. The Labute approximate surface area is 163 Å². The van der Waals surface area contributed by atoms with Gasteiger partial charge >= 0.3 is 0 Å². The Balaban J connectivity index is 1.97. The fourth-order valence-electron chi connectivity index (χ4n) is 3.59. The highest BCUT2D eigenvalue weighted by atomic mass is 16.5. The lowest BCUT2D eigenvalue weighted by molar-refractivity contribution is -0.117. The van der Waals surface area contributed by atoms with Gasteiger partial charge in [-0.1, -0.05) is 69.9 Å². The molecule has 0 saturated heterocycles. The number of hydrogen-bond donors (Lipinski definition) is 1. The van der Waals surface area contributed by atoms with Crippen LogP contribution >= 0.6 is 0 Å². The van der Waals surface area contributed by atoms with Crippen LogP contribution in [0.1, 0.15) is 76.2 Å². The van der Waals surface area contributed by atoms with E-state index in [0.29, 0.717) is 0 Å². The molecule has 0 aliphatic heterocycles. The minimum atomic E-state index is -0.259. The Hall–Kier alpha value is -2.28. The molecule has 1 fully saturated rings. The number of ether oxygens (including phenoxy) is 1. The fourth-order valence-corrected chi connectivity index (χ4v) is 3.59.